The summed E-state index contributed by atoms with van der Waals surface area (Å²) in [5.74, 6) is -1.05. The number of carboxylic acids is 1. The van der Waals surface area contributed by atoms with Gasteiger partial charge in [0, 0.05) is 4.88 Å². The highest BCUT2D eigenvalue weighted by Crippen LogP contribution is 2.27. The number of halogens is 1. The average molecular weight is 228 g/mol. The number of thiophene rings is 1. The van der Waals surface area contributed by atoms with Gasteiger partial charge in [-0.25, -0.2) is 9.78 Å². The van der Waals surface area contributed by atoms with Crippen molar-refractivity contribution in [2.45, 2.75) is 6.92 Å². The van der Waals surface area contributed by atoms with Gasteiger partial charge >= 0.3 is 5.97 Å². The molecule has 2 rings (SSSR count). The lowest BCUT2D eigenvalue weighted by Crippen LogP contribution is -1.98. The molecule has 0 aliphatic rings. The molecule has 0 aliphatic heterocycles. The molecule has 0 spiro atoms. The molecule has 0 unspecified atom stereocenters. The van der Waals surface area contributed by atoms with Crippen LogP contribution in [-0.2, 0) is 0 Å². The molecule has 5 heteroatoms. The van der Waals surface area contributed by atoms with E-state index in [0.717, 1.165) is 15.1 Å². The Hall–Kier alpha value is -1.13. The zero-order chi connectivity index (χ0) is 10.3. The number of hydrogen-bond donors (Lipinski definition) is 1. The monoisotopic (exact) mass is 227 g/mol. The summed E-state index contributed by atoms with van der Waals surface area (Å²) in [6.45, 7) is 1.95. The fraction of sp³-hybridized carbons (Fsp3) is 0.111. The summed E-state index contributed by atoms with van der Waals surface area (Å²) in [4.78, 5) is 15.9. The number of nitrogens with zero attached hydrogens (tertiary/aromatic N) is 1. The first-order valence-electron chi connectivity index (χ1n) is 3.88. The van der Waals surface area contributed by atoms with E-state index in [9.17, 15) is 4.79 Å². The van der Waals surface area contributed by atoms with Gasteiger partial charge in [-0.05, 0) is 19.1 Å². The van der Waals surface area contributed by atoms with Crippen LogP contribution in [0.1, 0.15) is 15.2 Å². The maximum absolute atomic E-state index is 10.8. The maximum atomic E-state index is 10.8. The molecule has 14 heavy (non-hydrogen) atoms. The Kier molecular flexibility index (Phi) is 2.17. The van der Waals surface area contributed by atoms with E-state index in [1.165, 1.54) is 11.3 Å². The van der Waals surface area contributed by atoms with Crippen LogP contribution in [0.3, 0.4) is 0 Å². The minimum absolute atomic E-state index is 0.0443. The van der Waals surface area contributed by atoms with Crippen molar-refractivity contribution in [3.05, 3.63) is 27.7 Å². The number of aromatic carboxylic acids is 1. The van der Waals surface area contributed by atoms with Crippen molar-refractivity contribution in [1.82, 2.24) is 4.98 Å². The lowest BCUT2D eigenvalue weighted by molar-refractivity contribution is 0.0697. The van der Waals surface area contributed by atoms with Gasteiger partial charge in [-0.1, -0.05) is 11.6 Å². The van der Waals surface area contributed by atoms with Crippen molar-refractivity contribution in [3.63, 3.8) is 0 Å². The highest BCUT2D eigenvalue weighted by atomic mass is 35.5. The van der Waals surface area contributed by atoms with E-state index >= 15 is 0 Å². The first-order valence-corrected chi connectivity index (χ1v) is 5.07. The third-order valence-corrected chi connectivity index (χ3v) is 3.08. The van der Waals surface area contributed by atoms with Crippen LogP contribution < -0.4 is 0 Å². The highest BCUT2D eigenvalue weighted by Gasteiger charge is 2.12. The van der Waals surface area contributed by atoms with Crippen molar-refractivity contribution < 1.29 is 9.90 Å². The summed E-state index contributed by atoms with van der Waals surface area (Å²) in [7, 11) is 0. The number of rotatable bonds is 1. The van der Waals surface area contributed by atoms with Crippen molar-refractivity contribution in [2.24, 2.45) is 0 Å². The van der Waals surface area contributed by atoms with Gasteiger partial charge in [0.1, 0.15) is 5.15 Å². The number of aryl methyl sites for hydroxylation is 1. The molecule has 0 amide bonds. The van der Waals surface area contributed by atoms with E-state index in [1.54, 1.807) is 6.07 Å². The van der Waals surface area contributed by atoms with Gasteiger partial charge in [-0.2, -0.15) is 0 Å². The molecule has 2 aromatic heterocycles. The molecule has 0 aliphatic carbocycles. The second-order valence-corrected chi connectivity index (χ2v) is 4.52. The molecular formula is C9H6ClNO2S. The first kappa shape index (κ1) is 9.43. The normalized spacial score (nSPS) is 10.7. The van der Waals surface area contributed by atoms with E-state index in [4.69, 9.17) is 16.7 Å². The van der Waals surface area contributed by atoms with Crippen LogP contribution >= 0.6 is 22.9 Å². The summed E-state index contributed by atoms with van der Waals surface area (Å²) in [5, 5.41) is 8.86. The van der Waals surface area contributed by atoms with E-state index in [0.29, 0.717) is 0 Å². The minimum atomic E-state index is -1.05. The molecule has 1 N–H and O–H groups in total. The standard InChI is InChI=1S/C9H6ClNO2S/c1-4-2-6-7(14-4)3-5(9(12)13)8(10)11-6/h2-3H,1H3,(H,12,13). The largest absolute Gasteiger partial charge is 0.478 e. The van der Waals surface area contributed by atoms with Crippen molar-refractivity contribution >= 4 is 39.1 Å². The predicted octanol–water partition coefficient (Wildman–Crippen LogP) is 2.96. The Balaban J connectivity index is 2.76. The molecule has 0 bridgehead atoms. The molecule has 0 atom stereocenters. The number of hydrogen-bond acceptors (Lipinski definition) is 3. The van der Waals surface area contributed by atoms with Gasteiger partial charge in [0.15, 0.2) is 0 Å². The van der Waals surface area contributed by atoms with Crippen LogP contribution in [0.5, 0.6) is 0 Å². The van der Waals surface area contributed by atoms with Gasteiger partial charge in [0.05, 0.1) is 15.8 Å². The van der Waals surface area contributed by atoms with Gasteiger partial charge < -0.3 is 5.11 Å². The Morgan fingerprint density at radius 1 is 1.57 bits per heavy atom. The second-order valence-electron chi connectivity index (χ2n) is 2.87. The Morgan fingerprint density at radius 2 is 2.29 bits per heavy atom. The summed E-state index contributed by atoms with van der Waals surface area (Å²) >= 11 is 7.23. The fourth-order valence-electron chi connectivity index (χ4n) is 1.22. The third-order valence-electron chi connectivity index (χ3n) is 1.81. The van der Waals surface area contributed by atoms with E-state index < -0.39 is 5.97 Å². The van der Waals surface area contributed by atoms with E-state index in [2.05, 4.69) is 4.98 Å². The Labute approximate surface area is 89.0 Å². The number of carbonyl (C=O) groups is 1. The average Bonchev–Trinajstić information content (AvgIpc) is 2.42. The van der Waals surface area contributed by atoms with Crippen LogP contribution in [0.15, 0.2) is 12.1 Å². The highest BCUT2D eigenvalue weighted by molar-refractivity contribution is 7.18. The summed E-state index contributed by atoms with van der Waals surface area (Å²) < 4.78 is 0.851. The number of carboxylic acid groups (broad SMARTS) is 1. The molecule has 72 valence electrons. The quantitative estimate of drug-likeness (QED) is 0.762. The van der Waals surface area contributed by atoms with Crippen LogP contribution in [-0.4, -0.2) is 16.1 Å². The molecule has 2 aromatic rings. The molecule has 2 heterocycles. The lowest BCUT2D eigenvalue weighted by atomic mass is 10.2. The van der Waals surface area contributed by atoms with Crippen LogP contribution in [0.4, 0.5) is 0 Å². The van der Waals surface area contributed by atoms with Crippen molar-refractivity contribution in [3.8, 4) is 0 Å². The fourth-order valence-corrected chi connectivity index (χ4v) is 2.35. The molecule has 0 aromatic carbocycles. The maximum Gasteiger partial charge on any atom is 0.338 e. The van der Waals surface area contributed by atoms with Gasteiger partial charge in [-0.3, -0.25) is 0 Å². The summed E-state index contributed by atoms with van der Waals surface area (Å²) in [6.07, 6.45) is 0. The van der Waals surface area contributed by atoms with Crippen LogP contribution in [0.25, 0.3) is 10.2 Å². The SMILES string of the molecule is Cc1cc2nc(Cl)c(C(=O)O)cc2s1. The molecule has 3 nitrogen and oxygen atoms in total. The van der Waals surface area contributed by atoms with Crippen LogP contribution in [0, 0.1) is 6.92 Å². The molecule has 0 radical (unpaired) electrons. The summed E-state index contributed by atoms with van der Waals surface area (Å²) in [5.41, 5.74) is 0.809. The van der Waals surface area contributed by atoms with Crippen LogP contribution in [0.2, 0.25) is 5.15 Å². The zero-order valence-corrected chi connectivity index (χ0v) is 8.82. The second kappa shape index (κ2) is 3.22. The third kappa shape index (κ3) is 1.47. The Morgan fingerprint density at radius 3 is 2.93 bits per heavy atom. The lowest BCUT2D eigenvalue weighted by Gasteiger charge is -1.96. The predicted molar refractivity (Wildman–Crippen MR) is 56.3 cm³/mol. The molecular weight excluding hydrogens is 222 g/mol. The van der Waals surface area contributed by atoms with Gasteiger partial charge in [-0.15, -0.1) is 11.3 Å². The van der Waals surface area contributed by atoms with E-state index in [1.807, 2.05) is 13.0 Å². The molecule has 0 saturated carbocycles. The van der Waals surface area contributed by atoms with Crippen molar-refractivity contribution in [1.29, 1.82) is 0 Å². The number of aromatic nitrogens is 1. The molecule has 0 fully saturated rings. The van der Waals surface area contributed by atoms with Gasteiger partial charge in [0.25, 0.3) is 0 Å². The minimum Gasteiger partial charge on any atom is -0.478 e. The summed E-state index contributed by atoms with van der Waals surface area (Å²) in [6, 6.07) is 3.45. The smallest absolute Gasteiger partial charge is 0.338 e. The Bertz CT molecular complexity index is 521. The van der Waals surface area contributed by atoms with Crippen molar-refractivity contribution in [2.75, 3.05) is 0 Å². The first-order chi connectivity index (χ1) is 6.58. The zero-order valence-electron chi connectivity index (χ0n) is 7.24. The van der Waals surface area contributed by atoms with Gasteiger partial charge in [0.2, 0.25) is 0 Å². The number of pyridine rings is 1. The topological polar surface area (TPSA) is 50.2 Å². The number of fused-ring (bicyclic) bond motifs is 1. The molecule has 0 saturated heterocycles. The van der Waals surface area contributed by atoms with E-state index in [-0.39, 0.29) is 10.7 Å².